The number of aliphatic hydroxyl groups is 2. The van der Waals surface area contributed by atoms with Crippen molar-refractivity contribution < 1.29 is 15.0 Å². The van der Waals surface area contributed by atoms with Crippen LogP contribution in [0.4, 0.5) is 5.69 Å². The lowest BCUT2D eigenvalue weighted by atomic mass is 10.0. The summed E-state index contributed by atoms with van der Waals surface area (Å²) in [5.74, 6) is 0.0730. The number of nitrogens with zero attached hydrogens (tertiary/aromatic N) is 1. The average molecular weight is 221 g/mol. The summed E-state index contributed by atoms with van der Waals surface area (Å²) in [6.45, 7) is -0.0446. The van der Waals surface area contributed by atoms with Gasteiger partial charge in [-0.3, -0.25) is 4.79 Å². The van der Waals surface area contributed by atoms with E-state index in [0.29, 0.717) is 12.8 Å². The predicted octanol–water partition coefficient (Wildman–Crippen LogP) is 0.621. The van der Waals surface area contributed by atoms with Crippen LogP contribution in [0.25, 0.3) is 0 Å². The number of aliphatic hydroxyl groups excluding tert-OH is 2. The standard InChI is InChI=1S/C12H15NO3/c1-13-10-3-2-8(11(15)4-5-14)6-9(10)7-12(13)16/h2-3,6,11,14-15H,4-5,7H2,1H3. The largest absolute Gasteiger partial charge is 0.396 e. The zero-order valence-electron chi connectivity index (χ0n) is 9.18. The zero-order chi connectivity index (χ0) is 11.7. The van der Waals surface area contributed by atoms with Crippen LogP contribution in [-0.2, 0) is 11.2 Å². The van der Waals surface area contributed by atoms with E-state index >= 15 is 0 Å². The van der Waals surface area contributed by atoms with Gasteiger partial charge in [0.25, 0.3) is 0 Å². The van der Waals surface area contributed by atoms with Crippen molar-refractivity contribution in [1.82, 2.24) is 0 Å². The van der Waals surface area contributed by atoms with Gasteiger partial charge in [0.15, 0.2) is 0 Å². The Morgan fingerprint density at radius 1 is 1.50 bits per heavy atom. The third kappa shape index (κ3) is 1.81. The Labute approximate surface area is 94.1 Å². The van der Waals surface area contributed by atoms with E-state index in [2.05, 4.69) is 0 Å². The van der Waals surface area contributed by atoms with E-state index in [0.717, 1.165) is 16.8 Å². The lowest BCUT2D eigenvalue weighted by Crippen LogP contribution is -2.20. The smallest absolute Gasteiger partial charge is 0.231 e. The van der Waals surface area contributed by atoms with Crippen LogP contribution < -0.4 is 4.90 Å². The third-order valence-electron chi connectivity index (χ3n) is 2.97. The first kappa shape index (κ1) is 11.1. The molecule has 1 aromatic carbocycles. The van der Waals surface area contributed by atoms with Crippen molar-refractivity contribution in [3.63, 3.8) is 0 Å². The van der Waals surface area contributed by atoms with Crippen molar-refractivity contribution in [1.29, 1.82) is 0 Å². The van der Waals surface area contributed by atoms with Gasteiger partial charge in [-0.15, -0.1) is 0 Å². The molecule has 4 nitrogen and oxygen atoms in total. The van der Waals surface area contributed by atoms with Gasteiger partial charge in [0.2, 0.25) is 5.91 Å². The van der Waals surface area contributed by atoms with Crippen LogP contribution in [-0.4, -0.2) is 29.8 Å². The van der Waals surface area contributed by atoms with Crippen LogP contribution >= 0.6 is 0 Å². The Morgan fingerprint density at radius 3 is 2.94 bits per heavy atom. The maximum atomic E-state index is 11.5. The first-order valence-electron chi connectivity index (χ1n) is 5.32. The average Bonchev–Trinajstić information content (AvgIpc) is 2.55. The lowest BCUT2D eigenvalue weighted by Gasteiger charge is -2.13. The predicted molar refractivity (Wildman–Crippen MR) is 60.2 cm³/mol. The molecule has 0 spiro atoms. The second kappa shape index (κ2) is 4.23. The van der Waals surface area contributed by atoms with Crippen molar-refractivity contribution in [3.8, 4) is 0 Å². The van der Waals surface area contributed by atoms with Gasteiger partial charge >= 0.3 is 0 Å². The van der Waals surface area contributed by atoms with Gasteiger partial charge < -0.3 is 15.1 Å². The SMILES string of the molecule is CN1C(=O)Cc2cc(C(O)CCO)ccc21. The van der Waals surface area contributed by atoms with Gasteiger partial charge in [-0.2, -0.15) is 0 Å². The molecule has 0 aromatic heterocycles. The molecule has 1 heterocycles. The summed E-state index contributed by atoms with van der Waals surface area (Å²) in [4.78, 5) is 13.1. The minimum atomic E-state index is -0.656. The van der Waals surface area contributed by atoms with E-state index in [4.69, 9.17) is 5.11 Å². The van der Waals surface area contributed by atoms with Crippen LogP contribution in [0.2, 0.25) is 0 Å². The maximum absolute atomic E-state index is 11.5. The molecule has 0 fully saturated rings. The minimum absolute atomic E-state index is 0.0446. The summed E-state index contributed by atoms with van der Waals surface area (Å²) in [7, 11) is 1.75. The van der Waals surface area contributed by atoms with Crippen molar-refractivity contribution in [2.75, 3.05) is 18.6 Å². The Balaban J connectivity index is 2.28. The topological polar surface area (TPSA) is 60.8 Å². The Bertz CT molecular complexity index is 417. The molecular formula is C12H15NO3. The molecule has 1 unspecified atom stereocenters. The highest BCUT2D eigenvalue weighted by atomic mass is 16.3. The number of likely N-dealkylation sites (N-methyl/N-ethyl adjacent to an activating group) is 1. The number of carbonyl (C=O) groups is 1. The molecule has 1 aliphatic heterocycles. The molecule has 86 valence electrons. The normalized spacial score (nSPS) is 16.4. The summed E-state index contributed by atoms with van der Waals surface area (Å²) >= 11 is 0. The van der Waals surface area contributed by atoms with E-state index in [1.54, 1.807) is 18.0 Å². The molecule has 4 heteroatoms. The number of carbonyl (C=O) groups excluding carboxylic acids is 1. The third-order valence-corrected chi connectivity index (χ3v) is 2.97. The molecule has 1 aromatic rings. The van der Waals surface area contributed by atoms with Gasteiger partial charge in [-0.05, 0) is 17.2 Å². The number of benzene rings is 1. The summed E-state index contributed by atoms with van der Waals surface area (Å²) in [5, 5.41) is 18.5. The fourth-order valence-corrected chi connectivity index (χ4v) is 1.99. The summed E-state index contributed by atoms with van der Waals surface area (Å²) in [6.07, 6.45) is 0.0602. The van der Waals surface area contributed by atoms with Crippen LogP contribution in [0.5, 0.6) is 0 Å². The number of hydrogen-bond acceptors (Lipinski definition) is 3. The van der Waals surface area contributed by atoms with Gasteiger partial charge in [0.05, 0.1) is 12.5 Å². The summed E-state index contributed by atoms with van der Waals surface area (Å²) in [6, 6.07) is 5.49. The van der Waals surface area contributed by atoms with Gasteiger partial charge in [-0.1, -0.05) is 12.1 Å². The molecule has 0 bridgehead atoms. The fourth-order valence-electron chi connectivity index (χ4n) is 1.99. The van der Waals surface area contributed by atoms with E-state index in [-0.39, 0.29) is 12.5 Å². The minimum Gasteiger partial charge on any atom is -0.396 e. The molecule has 1 atom stereocenters. The van der Waals surface area contributed by atoms with Gasteiger partial charge in [0, 0.05) is 25.8 Å². The van der Waals surface area contributed by atoms with Crippen molar-refractivity contribution in [2.24, 2.45) is 0 Å². The van der Waals surface area contributed by atoms with Gasteiger partial charge in [-0.25, -0.2) is 0 Å². The summed E-state index contributed by atoms with van der Waals surface area (Å²) in [5.41, 5.74) is 2.61. The molecule has 2 rings (SSSR count). The Hall–Kier alpha value is -1.39. The molecule has 16 heavy (non-hydrogen) atoms. The Morgan fingerprint density at radius 2 is 2.25 bits per heavy atom. The van der Waals surface area contributed by atoms with Crippen LogP contribution in [0.15, 0.2) is 18.2 Å². The van der Waals surface area contributed by atoms with Crippen LogP contribution in [0.1, 0.15) is 23.7 Å². The molecular weight excluding hydrogens is 206 g/mol. The number of hydrogen-bond donors (Lipinski definition) is 2. The van der Waals surface area contributed by atoms with E-state index in [1.807, 2.05) is 12.1 Å². The first-order chi connectivity index (χ1) is 7.63. The van der Waals surface area contributed by atoms with Gasteiger partial charge in [0.1, 0.15) is 0 Å². The Kier molecular flexibility index (Phi) is 2.94. The number of amides is 1. The lowest BCUT2D eigenvalue weighted by molar-refractivity contribution is -0.117. The van der Waals surface area contributed by atoms with Crippen LogP contribution in [0, 0.1) is 0 Å². The highest BCUT2D eigenvalue weighted by Gasteiger charge is 2.24. The van der Waals surface area contributed by atoms with Crippen LogP contribution in [0.3, 0.4) is 0 Å². The highest BCUT2D eigenvalue weighted by Crippen LogP contribution is 2.30. The molecule has 0 radical (unpaired) electrons. The molecule has 2 N–H and O–H groups in total. The first-order valence-corrected chi connectivity index (χ1v) is 5.32. The molecule has 0 saturated heterocycles. The highest BCUT2D eigenvalue weighted by molar-refractivity contribution is 6.00. The number of rotatable bonds is 3. The molecule has 0 aliphatic carbocycles. The van der Waals surface area contributed by atoms with Crippen molar-refractivity contribution in [2.45, 2.75) is 18.9 Å². The monoisotopic (exact) mass is 221 g/mol. The second-order valence-electron chi connectivity index (χ2n) is 4.05. The number of anilines is 1. The molecule has 1 amide bonds. The molecule has 1 aliphatic rings. The maximum Gasteiger partial charge on any atom is 0.231 e. The van der Waals surface area contributed by atoms with E-state index in [9.17, 15) is 9.90 Å². The second-order valence-corrected chi connectivity index (χ2v) is 4.05. The van der Waals surface area contributed by atoms with E-state index in [1.165, 1.54) is 0 Å². The quantitative estimate of drug-likeness (QED) is 0.786. The fraction of sp³-hybridized carbons (Fsp3) is 0.417. The van der Waals surface area contributed by atoms with Crippen molar-refractivity contribution >= 4 is 11.6 Å². The zero-order valence-corrected chi connectivity index (χ0v) is 9.18. The summed E-state index contributed by atoms with van der Waals surface area (Å²) < 4.78 is 0. The number of fused-ring (bicyclic) bond motifs is 1. The van der Waals surface area contributed by atoms with E-state index < -0.39 is 6.10 Å². The molecule has 0 saturated carbocycles. The van der Waals surface area contributed by atoms with Crippen molar-refractivity contribution in [3.05, 3.63) is 29.3 Å².